The van der Waals surface area contributed by atoms with E-state index in [0.717, 1.165) is 24.2 Å². The monoisotopic (exact) mass is 378 g/mol. The molecule has 4 atom stereocenters. The van der Waals surface area contributed by atoms with Crippen LogP contribution in [0.5, 0.6) is 5.75 Å². The van der Waals surface area contributed by atoms with Crippen LogP contribution in [-0.4, -0.2) is 30.7 Å². The van der Waals surface area contributed by atoms with Crippen molar-refractivity contribution in [2.75, 3.05) is 13.7 Å². The number of aliphatic hydroxyl groups is 1. The Morgan fingerprint density at radius 2 is 1.74 bits per heavy atom. The first-order valence-corrected chi connectivity index (χ1v) is 10.3. The molecule has 154 valence electrons. The summed E-state index contributed by atoms with van der Waals surface area (Å²) in [4.78, 5) is 12.6. The van der Waals surface area contributed by atoms with Gasteiger partial charge in [0, 0.05) is 11.8 Å². The number of benzene rings is 1. The molecule has 0 saturated carbocycles. The largest absolute Gasteiger partial charge is 0.497 e. The van der Waals surface area contributed by atoms with Gasteiger partial charge in [-0.1, -0.05) is 65.5 Å². The highest BCUT2D eigenvalue weighted by molar-refractivity contribution is 5.83. The molecule has 0 radical (unpaired) electrons. The normalized spacial score (nSPS) is 15.8. The van der Waals surface area contributed by atoms with Crippen LogP contribution in [0.4, 0.5) is 0 Å². The molecule has 0 unspecified atom stereocenters. The van der Waals surface area contributed by atoms with Crippen molar-refractivity contribution < 1.29 is 19.4 Å². The van der Waals surface area contributed by atoms with E-state index >= 15 is 0 Å². The van der Waals surface area contributed by atoms with E-state index in [1.807, 2.05) is 45.0 Å². The highest BCUT2D eigenvalue weighted by atomic mass is 16.5. The minimum atomic E-state index is -0.580. The summed E-state index contributed by atoms with van der Waals surface area (Å²) in [6, 6.07) is 7.71. The number of carbonyl (C=O) groups excluding carboxylic acids is 1. The van der Waals surface area contributed by atoms with Gasteiger partial charge < -0.3 is 14.6 Å². The zero-order chi connectivity index (χ0) is 20.2. The Balaban J connectivity index is 2.37. The fourth-order valence-electron chi connectivity index (χ4n) is 3.33. The van der Waals surface area contributed by atoms with E-state index in [4.69, 9.17) is 9.47 Å². The minimum Gasteiger partial charge on any atom is -0.497 e. The minimum absolute atomic E-state index is 0.0811. The van der Waals surface area contributed by atoms with Gasteiger partial charge in [0.05, 0.1) is 26.4 Å². The maximum atomic E-state index is 12.6. The van der Waals surface area contributed by atoms with Crippen molar-refractivity contribution in [2.24, 2.45) is 17.8 Å². The molecule has 27 heavy (non-hydrogen) atoms. The summed E-state index contributed by atoms with van der Waals surface area (Å²) in [7, 11) is 1.64. The number of Topliss-reactive ketones (excluding diaryl/α,β-unsaturated/α-hetero) is 1. The molecule has 1 rings (SSSR count). The van der Waals surface area contributed by atoms with Crippen LogP contribution >= 0.6 is 0 Å². The van der Waals surface area contributed by atoms with Crippen molar-refractivity contribution in [3.05, 3.63) is 29.8 Å². The van der Waals surface area contributed by atoms with E-state index in [2.05, 4.69) is 6.92 Å². The molecule has 0 aliphatic rings. The summed E-state index contributed by atoms with van der Waals surface area (Å²) in [6.07, 6.45) is 5.16. The van der Waals surface area contributed by atoms with Gasteiger partial charge in [-0.2, -0.15) is 0 Å². The Hall–Kier alpha value is -1.39. The fraction of sp³-hybridized carbons (Fsp3) is 0.696. The summed E-state index contributed by atoms with van der Waals surface area (Å²) >= 11 is 0. The summed E-state index contributed by atoms with van der Waals surface area (Å²) < 4.78 is 10.9. The van der Waals surface area contributed by atoms with Gasteiger partial charge in [-0.05, 0) is 30.0 Å². The van der Waals surface area contributed by atoms with Crippen molar-refractivity contribution in [3.63, 3.8) is 0 Å². The zero-order valence-electron chi connectivity index (χ0n) is 17.7. The molecular formula is C23H38O4. The number of ketones is 1. The lowest BCUT2D eigenvalue weighted by atomic mass is 9.84. The third-order valence-corrected chi connectivity index (χ3v) is 5.34. The first-order valence-electron chi connectivity index (χ1n) is 10.3. The topological polar surface area (TPSA) is 55.8 Å². The van der Waals surface area contributed by atoms with Gasteiger partial charge in [0.15, 0.2) is 0 Å². The lowest BCUT2D eigenvalue weighted by Crippen LogP contribution is -2.35. The molecule has 4 heteroatoms. The Labute approximate surface area is 165 Å². The van der Waals surface area contributed by atoms with Crippen molar-refractivity contribution in [2.45, 2.75) is 72.5 Å². The third-order valence-electron chi connectivity index (χ3n) is 5.34. The second-order valence-corrected chi connectivity index (χ2v) is 7.77. The van der Waals surface area contributed by atoms with E-state index < -0.39 is 6.10 Å². The van der Waals surface area contributed by atoms with Crippen LogP contribution in [0.25, 0.3) is 0 Å². The highest BCUT2D eigenvalue weighted by Crippen LogP contribution is 2.22. The van der Waals surface area contributed by atoms with E-state index in [0.29, 0.717) is 13.2 Å². The number of hydrogen-bond donors (Lipinski definition) is 1. The van der Waals surface area contributed by atoms with Crippen LogP contribution in [0.3, 0.4) is 0 Å². The lowest BCUT2D eigenvalue weighted by Gasteiger charge is -2.26. The molecule has 0 fully saturated rings. The van der Waals surface area contributed by atoms with E-state index in [9.17, 15) is 9.90 Å². The average Bonchev–Trinajstić information content (AvgIpc) is 2.69. The standard InChI is InChI=1S/C23H38O4/c1-6-7-8-9-10-17(2)22(24)19(4)23(25)18(3)15-27-16-20-11-13-21(26-5)14-12-20/h11-14,17-19,22,24H,6-10,15-16H2,1-5H3/t17-,18-,19-,22-/m0/s1. The lowest BCUT2D eigenvalue weighted by molar-refractivity contribution is -0.132. The van der Waals surface area contributed by atoms with Crippen LogP contribution in [-0.2, 0) is 16.1 Å². The van der Waals surface area contributed by atoms with Gasteiger partial charge >= 0.3 is 0 Å². The number of methoxy groups -OCH3 is 1. The average molecular weight is 379 g/mol. The molecule has 0 aromatic heterocycles. The van der Waals surface area contributed by atoms with Crippen LogP contribution < -0.4 is 4.74 Å². The van der Waals surface area contributed by atoms with Gasteiger partial charge in [0.2, 0.25) is 0 Å². The van der Waals surface area contributed by atoms with Crippen LogP contribution in [0.15, 0.2) is 24.3 Å². The number of carbonyl (C=O) groups is 1. The second kappa shape index (κ2) is 12.9. The van der Waals surface area contributed by atoms with Gasteiger partial charge in [0.1, 0.15) is 11.5 Å². The Bertz CT molecular complexity index is 526. The summed E-state index contributed by atoms with van der Waals surface area (Å²) in [5, 5.41) is 10.5. The molecule has 0 amide bonds. The number of unbranched alkanes of at least 4 members (excludes halogenated alkanes) is 3. The SMILES string of the molecule is CCCCCC[C@H](C)[C@H](O)[C@H](C)C(=O)[C@@H](C)COCc1ccc(OC)cc1. The molecular weight excluding hydrogens is 340 g/mol. The summed E-state index contributed by atoms with van der Waals surface area (Å²) in [6.45, 7) is 8.79. The molecule has 0 heterocycles. The maximum absolute atomic E-state index is 12.6. The molecule has 4 nitrogen and oxygen atoms in total. The van der Waals surface area contributed by atoms with Crippen LogP contribution in [0.1, 0.15) is 65.4 Å². The predicted octanol–water partition coefficient (Wildman–Crippen LogP) is 5.02. The number of rotatable bonds is 14. The van der Waals surface area contributed by atoms with E-state index in [1.165, 1.54) is 19.3 Å². The van der Waals surface area contributed by atoms with Gasteiger partial charge in [-0.25, -0.2) is 0 Å². The quantitative estimate of drug-likeness (QED) is 0.462. The summed E-state index contributed by atoms with van der Waals surface area (Å²) in [5.74, 6) is 0.464. The molecule has 0 aliphatic heterocycles. The van der Waals surface area contributed by atoms with E-state index in [1.54, 1.807) is 7.11 Å². The van der Waals surface area contributed by atoms with E-state index in [-0.39, 0.29) is 23.5 Å². The molecule has 0 bridgehead atoms. The Kier molecular flexibility index (Phi) is 11.3. The Morgan fingerprint density at radius 3 is 2.33 bits per heavy atom. The molecule has 1 aromatic rings. The predicted molar refractivity (Wildman–Crippen MR) is 110 cm³/mol. The molecule has 0 spiro atoms. The smallest absolute Gasteiger partial charge is 0.143 e. The molecule has 1 aromatic carbocycles. The number of hydrogen-bond acceptors (Lipinski definition) is 4. The first-order chi connectivity index (χ1) is 12.9. The molecule has 1 N–H and O–H groups in total. The molecule has 0 saturated heterocycles. The van der Waals surface area contributed by atoms with Gasteiger partial charge in [-0.15, -0.1) is 0 Å². The molecule has 0 aliphatic carbocycles. The van der Waals surface area contributed by atoms with Gasteiger partial charge in [0.25, 0.3) is 0 Å². The fourth-order valence-corrected chi connectivity index (χ4v) is 3.33. The van der Waals surface area contributed by atoms with Crippen LogP contribution in [0, 0.1) is 17.8 Å². The van der Waals surface area contributed by atoms with Crippen molar-refractivity contribution >= 4 is 5.78 Å². The van der Waals surface area contributed by atoms with Crippen molar-refractivity contribution in [1.82, 2.24) is 0 Å². The van der Waals surface area contributed by atoms with Crippen LogP contribution in [0.2, 0.25) is 0 Å². The third kappa shape index (κ3) is 8.44. The highest BCUT2D eigenvalue weighted by Gasteiger charge is 2.29. The second-order valence-electron chi connectivity index (χ2n) is 7.77. The van der Waals surface area contributed by atoms with Crippen molar-refractivity contribution in [3.8, 4) is 5.75 Å². The first kappa shape index (κ1) is 23.6. The zero-order valence-corrected chi connectivity index (χ0v) is 17.7. The van der Waals surface area contributed by atoms with Crippen molar-refractivity contribution in [1.29, 1.82) is 0 Å². The van der Waals surface area contributed by atoms with Gasteiger partial charge in [-0.3, -0.25) is 4.79 Å². The number of ether oxygens (including phenoxy) is 2. The maximum Gasteiger partial charge on any atom is 0.143 e. The Morgan fingerprint density at radius 1 is 1.07 bits per heavy atom. The number of aliphatic hydroxyl groups excluding tert-OH is 1. The summed E-state index contributed by atoms with van der Waals surface area (Å²) in [5.41, 5.74) is 1.05.